The van der Waals surface area contributed by atoms with Crippen molar-refractivity contribution in [3.63, 3.8) is 0 Å². The second kappa shape index (κ2) is 3.50. The highest BCUT2D eigenvalue weighted by molar-refractivity contribution is 9.10. The van der Waals surface area contributed by atoms with Crippen LogP contribution in [0.25, 0.3) is 10.9 Å². The third-order valence-corrected chi connectivity index (χ3v) is 3.14. The van der Waals surface area contributed by atoms with Crippen LogP contribution in [0.15, 0.2) is 28.7 Å². The van der Waals surface area contributed by atoms with Gasteiger partial charge in [-0.15, -0.1) is 0 Å². The number of aryl methyl sites for hydroxylation is 1. The molecule has 14 heavy (non-hydrogen) atoms. The molecule has 2 aromatic rings. The van der Waals surface area contributed by atoms with Gasteiger partial charge in [0, 0.05) is 9.86 Å². The average Bonchev–Trinajstić information content (AvgIpc) is 2.23. The predicted molar refractivity (Wildman–Crippen MR) is 59.6 cm³/mol. The topological polar surface area (TPSA) is 30.0 Å². The Morgan fingerprint density at radius 3 is 2.71 bits per heavy atom. The minimum atomic E-state index is 0.462. The lowest BCUT2D eigenvalue weighted by molar-refractivity contribution is 0.111. The summed E-state index contributed by atoms with van der Waals surface area (Å²) in [4.78, 5) is 14.8. The minimum absolute atomic E-state index is 0.462. The first-order valence-corrected chi connectivity index (χ1v) is 5.02. The average molecular weight is 250 g/mol. The number of aldehydes is 1. The second-order valence-corrected chi connectivity index (χ2v) is 3.92. The number of pyridine rings is 1. The molecular formula is C11H8BrNO. The van der Waals surface area contributed by atoms with Crippen molar-refractivity contribution < 1.29 is 4.79 Å². The van der Waals surface area contributed by atoms with Crippen LogP contribution < -0.4 is 0 Å². The van der Waals surface area contributed by atoms with E-state index < -0.39 is 0 Å². The summed E-state index contributed by atoms with van der Waals surface area (Å²) in [5, 5.41) is 1.04. The summed E-state index contributed by atoms with van der Waals surface area (Å²) < 4.78 is 0.957. The Kier molecular flexibility index (Phi) is 2.33. The Bertz CT molecular complexity index is 508. The van der Waals surface area contributed by atoms with Crippen molar-refractivity contribution in [3.8, 4) is 0 Å². The summed E-state index contributed by atoms with van der Waals surface area (Å²) >= 11 is 3.47. The van der Waals surface area contributed by atoms with Crippen LogP contribution in [0.2, 0.25) is 0 Å². The van der Waals surface area contributed by atoms with E-state index in [0.29, 0.717) is 5.69 Å². The summed E-state index contributed by atoms with van der Waals surface area (Å²) in [6.07, 6.45) is 0.758. The van der Waals surface area contributed by atoms with E-state index in [2.05, 4.69) is 20.9 Å². The van der Waals surface area contributed by atoms with Crippen molar-refractivity contribution >= 4 is 33.1 Å². The molecule has 0 unspecified atom stereocenters. The van der Waals surface area contributed by atoms with Gasteiger partial charge in [0.2, 0.25) is 0 Å². The largest absolute Gasteiger partial charge is 0.296 e. The van der Waals surface area contributed by atoms with Crippen LogP contribution in [0, 0.1) is 6.92 Å². The first-order chi connectivity index (χ1) is 6.72. The highest BCUT2D eigenvalue weighted by Crippen LogP contribution is 2.25. The van der Waals surface area contributed by atoms with E-state index in [-0.39, 0.29) is 0 Å². The van der Waals surface area contributed by atoms with E-state index in [0.717, 1.165) is 27.2 Å². The number of nitrogens with zero attached hydrogens (tertiary/aromatic N) is 1. The monoisotopic (exact) mass is 249 g/mol. The number of aromatic nitrogens is 1. The van der Waals surface area contributed by atoms with Crippen molar-refractivity contribution in [2.24, 2.45) is 0 Å². The number of carbonyl (C=O) groups is 1. The molecule has 0 radical (unpaired) electrons. The van der Waals surface area contributed by atoms with E-state index in [1.165, 1.54) is 0 Å². The molecule has 1 aromatic carbocycles. The van der Waals surface area contributed by atoms with Crippen molar-refractivity contribution in [2.45, 2.75) is 6.92 Å². The van der Waals surface area contributed by atoms with Crippen molar-refractivity contribution in [3.05, 3.63) is 40.0 Å². The van der Waals surface area contributed by atoms with Crippen LogP contribution in [-0.2, 0) is 0 Å². The molecule has 0 fully saturated rings. The fourth-order valence-corrected chi connectivity index (χ4v) is 1.79. The first kappa shape index (κ1) is 9.34. The fraction of sp³-hybridized carbons (Fsp3) is 0.0909. The number of fused-ring (bicyclic) bond motifs is 1. The van der Waals surface area contributed by atoms with Gasteiger partial charge in [-0.1, -0.05) is 18.2 Å². The molecule has 0 aliphatic rings. The highest BCUT2D eigenvalue weighted by Gasteiger charge is 2.03. The Hall–Kier alpha value is -1.22. The van der Waals surface area contributed by atoms with Crippen molar-refractivity contribution in [2.75, 3.05) is 0 Å². The fourth-order valence-electron chi connectivity index (χ4n) is 1.34. The van der Waals surface area contributed by atoms with Gasteiger partial charge in [-0.3, -0.25) is 4.79 Å². The molecule has 0 aliphatic carbocycles. The molecule has 1 aromatic heterocycles. The van der Waals surface area contributed by atoms with Crippen LogP contribution in [0.1, 0.15) is 16.1 Å². The molecule has 0 atom stereocenters. The van der Waals surface area contributed by atoms with Gasteiger partial charge in [0.05, 0.1) is 5.52 Å². The molecule has 3 heteroatoms. The van der Waals surface area contributed by atoms with Crippen LogP contribution in [0.4, 0.5) is 0 Å². The van der Waals surface area contributed by atoms with E-state index in [4.69, 9.17) is 0 Å². The van der Waals surface area contributed by atoms with Crippen LogP contribution in [0.5, 0.6) is 0 Å². The maximum atomic E-state index is 10.6. The summed E-state index contributed by atoms with van der Waals surface area (Å²) in [5.41, 5.74) is 2.42. The number of benzene rings is 1. The first-order valence-electron chi connectivity index (χ1n) is 4.23. The van der Waals surface area contributed by atoms with Crippen molar-refractivity contribution in [1.82, 2.24) is 4.98 Å². The molecule has 0 bridgehead atoms. The Labute approximate surface area is 90.1 Å². The lowest BCUT2D eigenvalue weighted by Gasteiger charge is -2.03. The van der Waals surface area contributed by atoms with Crippen LogP contribution in [0.3, 0.4) is 0 Å². The van der Waals surface area contributed by atoms with Gasteiger partial charge in [-0.05, 0) is 34.5 Å². The Morgan fingerprint density at radius 1 is 1.29 bits per heavy atom. The zero-order valence-electron chi connectivity index (χ0n) is 7.62. The number of rotatable bonds is 1. The lowest BCUT2D eigenvalue weighted by atomic mass is 10.1. The van der Waals surface area contributed by atoms with Gasteiger partial charge in [0.15, 0.2) is 6.29 Å². The van der Waals surface area contributed by atoms with Gasteiger partial charge in [0.1, 0.15) is 5.69 Å². The summed E-state index contributed by atoms with van der Waals surface area (Å²) in [7, 11) is 0. The highest BCUT2D eigenvalue weighted by atomic mass is 79.9. The number of hydrogen-bond acceptors (Lipinski definition) is 2. The standard InChI is InChI=1S/C11H8BrNO/c1-7-2-3-8-4-5-9(6-14)13-11(8)10(7)12/h2-6H,1H3. The second-order valence-electron chi connectivity index (χ2n) is 3.12. The predicted octanol–water partition coefficient (Wildman–Crippen LogP) is 3.12. The van der Waals surface area contributed by atoms with Gasteiger partial charge < -0.3 is 0 Å². The zero-order chi connectivity index (χ0) is 10.1. The molecule has 0 saturated carbocycles. The number of carbonyl (C=O) groups excluding carboxylic acids is 1. The van der Waals surface area contributed by atoms with E-state index in [9.17, 15) is 4.79 Å². The molecule has 0 amide bonds. The quantitative estimate of drug-likeness (QED) is 0.728. The smallest absolute Gasteiger partial charge is 0.168 e. The molecule has 1 heterocycles. The van der Waals surface area contributed by atoms with E-state index >= 15 is 0 Å². The minimum Gasteiger partial charge on any atom is -0.296 e. The normalized spacial score (nSPS) is 10.4. The molecule has 2 rings (SSSR count). The Balaban J connectivity index is 2.84. The Morgan fingerprint density at radius 2 is 2.00 bits per heavy atom. The van der Waals surface area contributed by atoms with E-state index in [1.54, 1.807) is 6.07 Å². The molecule has 70 valence electrons. The van der Waals surface area contributed by atoms with Gasteiger partial charge >= 0.3 is 0 Å². The van der Waals surface area contributed by atoms with Crippen LogP contribution >= 0.6 is 15.9 Å². The molecule has 0 saturated heterocycles. The molecule has 0 N–H and O–H groups in total. The third kappa shape index (κ3) is 1.44. The maximum Gasteiger partial charge on any atom is 0.168 e. The summed E-state index contributed by atoms with van der Waals surface area (Å²) in [6, 6.07) is 7.64. The van der Waals surface area contributed by atoms with E-state index in [1.807, 2.05) is 25.1 Å². The van der Waals surface area contributed by atoms with Crippen LogP contribution in [-0.4, -0.2) is 11.3 Å². The molecular weight excluding hydrogens is 242 g/mol. The summed E-state index contributed by atoms with van der Waals surface area (Å²) in [5.74, 6) is 0. The van der Waals surface area contributed by atoms with Gasteiger partial charge in [-0.2, -0.15) is 0 Å². The molecule has 0 spiro atoms. The third-order valence-electron chi connectivity index (χ3n) is 2.14. The summed E-state index contributed by atoms with van der Waals surface area (Å²) in [6.45, 7) is 2.00. The van der Waals surface area contributed by atoms with Gasteiger partial charge in [-0.25, -0.2) is 4.98 Å². The number of halogens is 1. The maximum absolute atomic E-state index is 10.6. The molecule has 0 aliphatic heterocycles. The lowest BCUT2D eigenvalue weighted by Crippen LogP contribution is -1.89. The molecule has 2 nitrogen and oxygen atoms in total. The zero-order valence-corrected chi connectivity index (χ0v) is 9.21. The van der Waals surface area contributed by atoms with Gasteiger partial charge in [0.25, 0.3) is 0 Å². The SMILES string of the molecule is Cc1ccc2ccc(C=O)nc2c1Br. The number of hydrogen-bond donors (Lipinski definition) is 0. The van der Waals surface area contributed by atoms with Crippen molar-refractivity contribution in [1.29, 1.82) is 0 Å².